The number of nitrogens with one attached hydrogen (secondary N) is 2. The van der Waals surface area contributed by atoms with Crippen molar-refractivity contribution in [2.75, 3.05) is 6.54 Å². The second-order valence-electron chi connectivity index (χ2n) is 7.33. The Morgan fingerprint density at radius 2 is 2.06 bits per heavy atom. The Hall–Kier alpha value is -3.59. The lowest BCUT2D eigenvalue weighted by molar-refractivity contribution is 0.0946. The number of fused-ring (bicyclic) bond motifs is 1. The monoisotopic (exact) mass is 437 g/mol. The van der Waals surface area contributed by atoms with Gasteiger partial charge in [0, 0.05) is 31.0 Å². The zero-order valence-electron chi connectivity index (χ0n) is 16.7. The number of carbonyl (C=O) groups excluding carboxylic acids is 1. The van der Waals surface area contributed by atoms with Gasteiger partial charge in [-0.15, -0.1) is 0 Å². The average Bonchev–Trinajstić information content (AvgIpc) is 3.26. The molecule has 2 heterocycles. The molecule has 4 aromatic rings. The smallest absolute Gasteiger partial charge is 0.266 e. The van der Waals surface area contributed by atoms with Crippen molar-refractivity contribution in [2.24, 2.45) is 5.92 Å². The molecule has 0 spiro atoms. The second kappa shape index (κ2) is 8.65. The number of carbonyl (C=O) groups is 1. The summed E-state index contributed by atoms with van der Waals surface area (Å²) >= 11 is 5.29. The van der Waals surface area contributed by atoms with Crippen LogP contribution in [0.25, 0.3) is 16.6 Å². The minimum absolute atomic E-state index is 0.0491. The van der Waals surface area contributed by atoms with E-state index in [4.69, 9.17) is 12.2 Å². The maximum atomic E-state index is 14.2. The lowest BCUT2D eigenvalue weighted by atomic mass is 10.1. The third-order valence-electron chi connectivity index (χ3n) is 4.92. The van der Waals surface area contributed by atoms with Gasteiger partial charge in [-0.2, -0.15) is 5.10 Å². The van der Waals surface area contributed by atoms with Crippen LogP contribution in [-0.2, 0) is 6.54 Å². The first-order chi connectivity index (χ1) is 14.9. The molecule has 0 aliphatic rings. The van der Waals surface area contributed by atoms with Gasteiger partial charge >= 0.3 is 0 Å². The predicted molar refractivity (Wildman–Crippen MR) is 118 cm³/mol. The molecular weight excluding hydrogens is 417 g/mol. The molecule has 2 N–H and O–H groups in total. The van der Waals surface area contributed by atoms with Gasteiger partial charge < -0.3 is 10.3 Å². The van der Waals surface area contributed by atoms with Crippen LogP contribution in [0.3, 0.4) is 0 Å². The number of halogens is 1. The molecule has 1 unspecified atom stereocenters. The highest BCUT2D eigenvalue weighted by Crippen LogP contribution is 2.15. The average molecular weight is 438 g/mol. The number of benzene rings is 2. The number of nitrogens with zero attached hydrogens (tertiary/aromatic N) is 3. The minimum atomic E-state index is -0.552. The Labute approximate surface area is 182 Å². The summed E-state index contributed by atoms with van der Waals surface area (Å²) in [5, 5.41) is 7.36. The maximum Gasteiger partial charge on any atom is 0.266 e. The topological polar surface area (TPSA) is 84.7 Å². The molecule has 0 saturated heterocycles. The number of rotatable bonds is 6. The molecule has 4 rings (SSSR count). The maximum absolute atomic E-state index is 14.2. The third kappa shape index (κ3) is 4.31. The van der Waals surface area contributed by atoms with Gasteiger partial charge in [0.05, 0.1) is 16.6 Å². The number of hydrogen-bond donors (Lipinski definition) is 2. The molecule has 0 aliphatic carbocycles. The van der Waals surface area contributed by atoms with E-state index in [2.05, 4.69) is 15.4 Å². The zero-order valence-corrected chi connectivity index (χ0v) is 17.5. The summed E-state index contributed by atoms with van der Waals surface area (Å²) in [6.07, 6.45) is 3.59. The first-order valence-corrected chi connectivity index (χ1v) is 10.1. The van der Waals surface area contributed by atoms with Crippen LogP contribution in [0.4, 0.5) is 4.39 Å². The summed E-state index contributed by atoms with van der Waals surface area (Å²) in [7, 11) is 0. The van der Waals surface area contributed by atoms with Crippen molar-refractivity contribution in [3.05, 3.63) is 87.4 Å². The highest BCUT2D eigenvalue weighted by Gasteiger charge is 2.14. The molecule has 0 fully saturated rings. The number of aromatic nitrogens is 4. The fraction of sp³-hybridized carbons (Fsp3) is 0.182. The van der Waals surface area contributed by atoms with Gasteiger partial charge in [0.1, 0.15) is 5.82 Å². The van der Waals surface area contributed by atoms with Crippen LogP contribution >= 0.6 is 12.2 Å². The lowest BCUT2D eigenvalue weighted by Gasteiger charge is -2.13. The van der Waals surface area contributed by atoms with Crippen molar-refractivity contribution in [2.45, 2.75) is 13.5 Å². The number of H-pyrrole nitrogens is 1. The summed E-state index contributed by atoms with van der Waals surface area (Å²) in [4.78, 5) is 28.5. The summed E-state index contributed by atoms with van der Waals surface area (Å²) in [6.45, 7) is 3.18. The molecule has 1 atom stereocenters. The second-order valence-corrected chi connectivity index (χ2v) is 7.71. The summed E-state index contributed by atoms with van der Waals surface area (Å²) in [5.74, 6) is -0.626. The Kier molecular flexibility index (Phi) is 5.77. The van der Waals surface area contributed by atoms with E-state index in [1.807, 2.05) is 23.9 Å². The Morgan fingerprint density at radius 1 is 1.26 bits per heavy atom. The largest absolute Gasteiger partial charge is 0.352 e. The van der Waals surface area contributed by atoms with Gasteiger partial charge in [0.2, 0.25) is 0 Å². The normalized spacial score (nSPS) is 12.1. The molecule has 158 valence electrons. The van der Waals surface area contributed by atoms with E-state index in [-0.39, 0.29) is 22.3 Å². The van der Waals surface area contributed by atoms with Gasteiger partial charge in [-0.05, 0) is 54.5 Å². The number of aromatic amines is 1. The molecule has 0 aliphatic heterocycles. The van der Waals surface area contributed by atoms with Crippen LogP contribution in [0, 0.1) is 16.5 Å². The summed E-state index contributed by atoms with van der Waals surface area (Å²) in [6, 6.07) is 12.5. The van der Waals surface area contributed by atoms with Gasteiger partial charge in [-0.1, -0.05) is 19.1 Å². The van der Waals surface area contributed by atoms with Crippen LogP contribution in [0.1, 0.15) is 17.3 Å². The van der Waals surface area contributed by atoms with E-state index < -0.39 is 11.4 Å². The number of amides is 1. The van der Waals surface area contributed by atoms with E-state index in [0.717, 1.165) is 4.57 Å². The molecule has 9 heteroatoms. The number of hydrogen-bond acceptors (Lipinski definition) is 4. The van der Waals surface area contributed by atoms with E-state index >= 15 is 0 Å². The number of para-hydroxylation sites is 1. The molecule has 2 aromatic heterocycles. The Balaban J connectivity index is 1.58. The fourth-order valence-corrected chi connectivity index (χ4v) is 3.66. The molecule has 7 nitrogen and oxygen atoms in total. The fourth-order valence-electron chi connectivity index (χ4n) is 3.37. The van der Waals surface area contributed by atoms with Crippen molar-refractivity contribution in [3.63, 3.8) is 0 Å². The van der Waals surface area contributed by atoms with Crippen molar-refractivity contribution in [1.82, 2.24) is 24.6 Å². The van der Waals surface area contributed by atoms with Crippen molar-refractivity contribution < 1.29 is 9.18 Å². The molecule has 31 heavy (non-hydrogen) atoms. The summed E-state index contributed by atoms with van der Waals surface area (Å²) < 4.78 is 17.2. The van der Waals surface area contributed by atoms with Gasteiger partial charge in [0.25, 0.3) is 11.5 Å². The highest BCUT2D eigenvalue weighted by molar-refractivity contribution is 7.71. The molecule has 0 bridgehead atoms. The van der Waals surface area contributed by atoms with Crippen LogP contribution in [0.2, 0.25) is 0 Å². The van der Waals surface area contributed by atoms with Gasteiger partial charge in [0.15, 0.2) is 4.77 Å². The third-order valence-corrected chi connectivity index (χ3v) is 5.21. The van der Waals surface area contributed by atoms with Crippen molar-refractivity contribution >= 4 is 29.0 Å². The minimum Gasteiger partial charge on any atom is -0.352 e. The van der Waals surface area contributed by atoms with Crippen LogP contribution < -0.4 is 10.9 Å². The first kappa shape index (κ1) is 20.7. The first-order valence-electron chi connectivity index (χ1n) is 9.73. The van der Waals surface area contributed by atoms with Gasteiger partial charge in [-0.25, -0.2) is 8.96 Å². The quantitative estimate of drug-likeness (QED) is 0.453. The molecule has 2 aromatic carbocycles. The van der Waals surface area contributed by atoms with Crippen LogP contribution in [-0.4, -0.2) is 31.8 Å². The molecule has 0 radical (unpaired) electrons. The molecule has 0 saturated carbocycles. The van der Waals surface area contributed by atoms with Crippen molar-refractivity contribution in [1.29, 1.82) is 0 Å². The van der Waals surface area contributed by atoms with E-state index in [1.165, 1.54) is 12.1 Å². The molecule has 1 amide bonds. The highest BCUT2D eigenvalue weighted by atomic mass is 32.1. The van der Waals surface area contributed by atoms with Crippen molar-refractivity contribution in [3.8, 4) is 5.69 Å². The van der Waals surface area contributed by atoms with E-state index in [9.17, 15) is 14.0 Å². The van der Waals surface area contributed by atoms with E-state index in [1.54, 1.807) is 36.5 Å². The lowest BCUT2D eigenvalue weighted by Crippen LogP contribution is -2.30. The standard InChI is InChI=1S/C22H20FN5O2S/c1-14(13-27-10-4-9-25-27)12-24-20(29)15-7-8-16-18(11-15)26-22(31)28(21(16)30)19-6-3-2-5-17(19)23/h2-11,14H,12-13H2,1H3,(H,24,29)(H,26,31). The Bertz CT molecular complexity index is 1360. The van der Waals surface area contributed by atoms with E-state index in [0.29, 0.717) is 29.6 Å². The summed E-state index contributed by atoms with van der Waals surface area (Å²) in [5.41, 5.74) is 0.430. The predicted octanol–water partition coefficient (Wildman–Crippen LogP) is 3.45. The molecular formula is C22H20FN5O2S. The van der Waals surface area contributed by atoms with Crippen LogP contribution in [0.5, 0.6) is 0 Å². The SMILES string of the molecule is CC(CNC(=O)c1ccc2c(=O)n(-c3ccccc3F)c(=S)[nH]c2c1)Cn1cccn1. The van der Waals surface area contributed by atoms with Gasteiger partial charge in [-0.3, -0.25) is 14.3 Å². The zero-order chi connectivity index (χ0) is 22.0. The Morgan fingerprint density at radius 3 is 2.81 bits per heavy atom. The van der Waals surface area contributed by atoms with Crippen LogP contribution in [0.15, 0.2) is 65.7 Å².